The lowest BCUT2D eigenvalue weighted by Gasteiger charge is -2.37. The van der Waals surface area contributed by atoms with Crippen molar-refractivity contribution >= 4 is 5.96 Å². The van der Waals surface area contributed by atoms with Gasteiger partial charge >= 0.3 is 0 Å². The van der Waals surface area contributed by atoms with Gasteiger partial charge in [-0.3, -0.25) is 9.89 Å². The molecule has 1 saturated heterocycles. The fourth-order valence-corrected chi connectivity index (χ4v) is 4.04. The Balaban J connectivity index is 1.24. The number of guanidine groups is 1. The minimum absolute atomic E-state index is 0.419. The first kappa shape index (κ1) is 21.1. The maximum atomic E-state index is 5.62. The Kier molecular flexibility index (Phi) is 6.99. The number of likely N-dealkylation sites (tertiary alicyclic amines) is 1. The number of aliphatic imine (C=N–C) groups is 1. The summed E-state index contributed by atoms with van der Waals surface area (Å²) in [6.07, 6.45) is 3.89. The van der Waals surface area contributed by atoms with Crippen LogP contribution in [0.1, 0.15) is 37.1 Å². The zero-order valence-electron chi connectivity index (χ0n) is 18.3. The first-order valence-corrected chi connectivity index (χ1v) is 11.0. The Labute approximate surface area is 184 Å². The minimum Gasteiger partial charge on any atom is -0.444 e. The van der Waals surface area contributed by atoms with E-state index in [1.807, 2.05) is 30.3 Å². The molecule has 0 spiro atoms. The SMILES string of the molecule is CN=C(NCc1coc(-c2ccccc2)n1)NC1CCN(C(C)c2ccccc2)CC1. The lowest BCUT2D eigenvalue weighted by atomic mass is 10.0. The zero-order chi connectivity index (χ0) is 21.5. The van der Waals surface area contributed by atoms with Gasteiger partial charge < -0.3 is 15.1 Å². The van der Waals surface area contributed by atoms with Gasteiger partial charge in [0, 0.05) is 37.8 Å². The number of rotatable bonds is 6. The molecule has 1 atom stereocenters. The molecule has 6 nitrogen and oxygen atoms in total. The number of nitrogens with one attached hydrogen (secondary N) is 2. The van der Waals surface area contributed by atoms with E-state index in [4.69, 9.17) is 4.42 Å². The molecule has 2 aromatic carbocycles. The van der Waals surface area contributed by atoms with Crippen LogP contribution >= 0.6 is 0 Å². The summed E-state index contributed by atoms with van der Waals surface area (Å²) in [4.78, 5) is 11.5. The molecular weight excluding hydrogens is 386 g/mol. The van der Waals surface area contributed by atoms with E-state index in [0.717, 1.165) is 43.1 Å². The van der Waals surface area contributed by atoms with Crippen molar-refractivity contribution in [2.45, 2.75) is 38.4 Å². The van der Waals surface area contributed by atoms with Crippen molar-refractivity contribution in [3.05, 3.63) is 78.2 Å². The number of hydrogen-bond acceptors (Lipinski definition) is 4. The number of aromatic nitrogens is 1. The third-order valence-electron chi connectivity index (χ3n) is 5.93. The molecule has 2 N–H and O–H groups in total. The van der Waals surface area contributed by atoms with E-state index in [-0.39, 0.29) is 0 Å². The summed E-state index contributed by atoms with van der Waals surface area (Å²) in [5, 5.41) is 6.93. The molecule has 0 radical (unpaired) electrons. The zero-order valence-corrected chi connectivity index (χ0v) is 18.3. The van der Waals surface area contributed by atoms with Crippen molar-refractivity contribution < 1.29 is 4.42 Å². The van der Waals surface area contributed by atoms with Gasteiger partial charge in [-0.05, 0) is 37.5 Å². The first-order valence-electron chi connectivity index (χ1n) is 11.0. The molecule has 31 heavy (non-hydrogen) atoms. The number of oxazole rings is 1. The standard InChI is InChI=1S/C25H31N5O/c1-19(20-9-5-3-6-10-20)30-15-13-22(14-16-30)29-25(26-2)27-17-23-18-31-24(28-23)21-11-7-4-8-12-21/h3-12,18-19,22H,13-17H2,1-2H3,(H2,26,27,29). The second kappa shape index (κ2) is 10.3. The summed E-state index contributed by atoms with van der Waals surface area (Å²) < 4.78 is 5.62. The highest BCUT2D eigenvalue weighted by Crippen LogP contribution is 2.24. The predicted molar refractivity (Wildman–Crippen MR) is 125 cm³/mol. The van der Waals surface area contributed by atoms with E-state index in [0.29, 0.717) is 24.5 Å². The van der Waals surface area contributed by atoms with Gasteiger partial charge in [-0.25, -0.2) is 4.98 Å². The van der Waals surface area contributed by atoms with Gasteiger partial charge in [0.25, 0.3) is 0 Å². The predicted octanol–water partition coefficient (Wildman–Crippen LogP) is 4.23. The van der Waals surface area contributed by atoms with E-state index in [1.54, 1.807) is 13.3 Å². The summed E-state index contributed by atoms with van der Waals surface area (Å²) in [7, 11) is 1.81. The number of nitrogens with zero attached hydrogens (tertiary/aromatic N) is 3. The van der Waals surface area contributed by atoms with Gasteiger partial charge in [0.15, 0.2) is 5.96 Å². The number of benzene rings is 2. The molecule has 3 aromatic rings. The fourth-order valence-electron chi connectivity index (χ4n) is 4.04. The second-order valence-electron chi connectivity index (χ2n) is 7.98. The van der Waals surface area contributed by atoms with Crippen molar-refractivity contribution in [1.29, 1.82) is 0 Å². The van der Waals surface area contributed by atoms with E-state index in [2.05, 4.69) is 62.8 Å². The van der Waals surface area contributed by atoms with E-state index < -0.39 is 0 Å². The molecule has 0 amide bonds. The van der Waals surface area contributed by atoms with Crippen molar-refractivity contribution in [2.24, 2.45) is 4.99 Å². The van der Waals surface area contributed by atoms with Crippen molar-refractivity contribution in [3.63, 3.8) is 0 Å². The van der Waals surface area contributed by atoms with Crippen LogP contribution in [0.5, 0.6) is 0 Å². The Bertz CT molecular complexity index is 962. The first-order chi connectivity index (χ1) is 15.2. The van der Waals surface area contributed by atoms with Crippen LogP contribution in [0.4, 0.5) is 0 Å². The minimum atomic E-state index is 0.419. The Morgan fingerprint density at radius 3 is 2.45 bits per heavy atom. The summed E-state index contributed by atoms with van der Waals surface area (Å²) in [5.74, 6) is 1.44. The van der Waals surface area contributed by atoms with E-state index >= 15 is 0 Å². The second-order valence-corrected chi connectivity index (χ2v) is 7.98. The summed E-state index contributed by atoms with van der Waals surface area (Å²) in [5.41, 5.74) is 3.22. The van der Waals surface area contributed by atoms with Crippen LogP contribution in [0, 0.1) is 0 Å². The molecule has 6 heteroatoms. The normalized spacial score (nSPS) is 16.8. The van der Waals surface area contributed by atoms with Gasteiger partial charge in [-0.2, -0.15) is 0 Å². The molecule has 1 aliphatic rings. The third-order valence-corrected chi connectivity index (χ3v) is 5.93. The molecular formula is C25H31N5O. The summed E-state index contributed by atoms with van der Waals surface area (Å²) >= 11 is 0. The van der Waals surface area contributed by atoms with Gasteiger partial charge in [0.2, 0.25) is 5.89 Å². The molecule has 4 rings (SSSR count). The van der Waals surface area contributed by atoms with E-state index in [1.165, 1.54) is 5.56 Å². The Morgan fingerprint density at radius 2 is 1.77 bits per heavy atom. The maximum absolute atomic E-state index is 5.62. The average molecular weight is 418 g/mol. The average Bonchev–Trinajstić information content (AvgIpc) is 3.32. The van der Waals surface area contributed by atoms with Crippen molar-refractivity contribution in [3.8, 4) is 11.5 Å². The van der Waals surface area contributed by atoms with Crippen molar-refractivity contribution in [1.82, 2.24) is 20.5 Å². The molecule has 1 aromatic heterocycles. The topological polar surface area (TPSA) is 65.7 Å². The largest absolute Gasteiger partial charge is 0.444 e. The highest BCUT2D eigenvalue weighted by molar-refractivity contribution is 5.79. The molecule has 1 unspecified atom stereocenters. The van der Waals surface area contributed by atoms with Crippen molar-refractivity contribution in [2.75, 3.05) is 20.1 Å². The third kappa shape index (κ3) is 5.52. The molecule has 0 bridgehead atoms. The molecule has 2 heterocycles. The maximum Gasteiger partial charge on any atom is 0.226 e. The van der Waals surface area contributed by atoms with Crippen LogP contribution in [0.25, 0.3) is 11.5 Å². The van der Waals surface area contributed by atoms with Gasteiger partial charge in [-0.1, -0.05) is 48.5 Å². The van der Waals surface area contributed by atoms with Gasteiger partial charge in [0.05, 0.1) is 12.2 Å². The van der Waals surface area contributed by atoms with Crippen LogP contribution in [-0.2, 0) is 6.54 Å². The van der Waals surface area contributed by atoms with Crippen LogP contribution in [0.15, 0.2) is 76.3 Å². The summed E-state index contributed by atoms with van der Waals surface area (Å²) in [6.45, 7) is 5.02. The molecule has 1 fully saturated rings. The van der Waals surface area contributed by atoms with E-state index in [9.17, 15) is 0 Å². The lowest BCUT2D eigenvalue weighted by molar-refractivity contribution is 0.158. The molecule has 0 aliphatic carbocycles. The lowest BCUT2D eigenvalue weighted by Crippen LogP contribution is -2.48. The Hall–Kier alpha value is -3.12. The quantitative estimate of drug-likeness (QED) is 0.464. The monoisotopic (exact) mass is 417 g/mol. The number of piperidine rings is 1. The fraction of sp³-hybridized carbons (Fsp3) is 0.360. The van der Waals surface area contributed by atoms with Gasteiger partial charge in [-0.15, -0.1) is 0 Å². The highest BCUT2D eigenvalue weighted by atomic mass is 16.3. The molecule has 0 saturated carbocycles. The van der Waals surface area contributed by atoms with Crippen LogP contribution < -0.4 is 10.6 Å². The smallest absolute Gasteiger partial charge is 0.226 e. The van der Waals surface area contributed by atoms with Crippen LogP contribution in [0.3, 0.4) is 0 Å². The summed E-state index contributed by atoms with van der Waals surface area (Å²) in [6, 6.07) is 21.5. The molecule has 1 aliphatic heterocycles. The Morgan fingerprint density at radius 1 is 1.10 bits per heavy atom. The number of hydrogen-bond donors (Lipinski definition) is 2. The molecule has 162 valence electrons. The highest BCUT2D eigenvalue weighted by Gasteiger charge is 2.24. The van der Waals surface area contributed by atoms with Gasteiger partial charge in [0.1, 0.15) is 6.26 Å². The van der Waals surface area contributed by atoms with Crippen LogP contribution in [-0.4, -0.2) is 42.0 Å². The van der Waals surface area contributed by atoms with Crippen LogP contribution in [0.2, 0.25) is 0 Å².